The fourth-order valence-electron chi connectivity index (χ4n) is 6.20. The SMILES string of the molecule is [B][B]C1(C)c2ccccc2-c2cccc3c(-c4cccc5ccccc45)c4ccccc4c1c23. The van der Waals surface area contributed by atoms with Crippen LogP contribution in [0.3, 0.4) is 0 Å². The van der Waals surface area contributed by atoms with E-state index in [1.54, 1.807) is 0 Å². The zero-order valence-electron chi connectivity index (χ0n) is 19.0. The van der Waals surface area contributed by atoms with Crippen LogP contribution in [0.15, 0.2) is 109 Å². The molecule has 1 unspecified atom stereocenters. The summed E-state index contributed by atoms with van der Waals surface area (Å²) in [5.41, 5.74) is 7.69. The van der Waals surface area contributed by atoms with Crippen LogP contribution in [-0.4, -0.2) is 14.9 Å². The lowest BCUT2D eigenvalue weighted by Gasteiger charge is -2.39. The quantitative estimate of drug-likeness (QED) is 0.195. The summed E-state index contributed by atoms with van der Waals surface area (Å²) in [5.74, 6) is 0. The molecular formula is C32H21B2. The average molecular weight is 427 g/mol. The fraction of sp³-hybridized carbons (Fsp3) is 0.0625. The molecule has 0 saturated heterocycles. The number of benzene rings is 6. The van der Waals surface area contributed by atoms with E-state index in [1.165, 1.54) is 65.7 Å². The van der Waals surface area contributed by atoms with Gasteiger partial charge in [-0.05, 0) is 71.0 Å². The third-order valence-electron chi connectivity index (χ3n) is 7.74. The van der Waals surface area contributed by atoms with Crippen molar-refractivity contribution in [3.63, 3.8) is 0 Å². The minimum Gasteiger partial charge on any atom is -0.0619 e. The Labute approximate surface area is 201 Å². The minimum atomic E-state index is -0.389. The molecule has 3 radical (unpaired) electrons. The predicted molar refractivity (Wildman–Crippen MR) is 148 cm³/mol. The number of fused-ring (bicyclic) bond motifs is 5. The van der Waals surface area contributed by atoms with Crippen LogP contribution in [0.4, 0.5) is 0 Å². The van der Waals surface area contributed by atoms with Crippen LogP contribution in [0.1, 0.15) is 18.1 Å². The van der Waals surface area contributed by atoms with E-state index in [4.69, 9.17) is 7.74 Å². The Morgan fingerprint density at radius 2 is 1.15 bits per heavy atom. The molecule has 0 aliphatic heterocycles. The van der Waals surface area contributed by atoms with Gasteiger partial charge in [0.05, 0.1) is 7.17 Å². The van der Waals surface area contributed by atoms with Crippen molar-refractivity contribution in [1.29, 1.82) is 0 Å². The summed E-state index contributed by atoms with van der Waals surface area (Å²) in [6.07, 6.45) is 0. The number of hydrogen-bond donors (Lipinski definition) is 0. The lowest BCUT2D eigenvalue weighted by atomic mass is 9.34. The maximum atomic E-state index is 6.47. The van der Waals surface area contributed by atoms with E-state index in [9.17, 15) is 0 Å². The van der Waals surface area contributed by atoms with Crippen LogP contribution in [-0.2, 0) is 5.31 Å². The molecule has 7 rings (SSSR count). The van der Waals surface area contributed by atoms with Crippen LogP contribution < -0.4 is 0 Å². The standard InChI is InChI=1S/C32H21B2/c1-32(34-33)28-19-7-6-13-22(28)24-17-9-18-27-29(23-16-8-11-20-10-2-3-12-21(20)23)25-14-4-5-15-26(25)31(32)30(24)27/h2-19H,1H3. The van der Waals surface area contributed by atoms with Crippen molar-refractivity contribution in [2.24, 2.45) is 0 Å². The molecule has 0 nitrogen and oxygen atoms in total. The highest BCUT2D eigenvalue weighted by atomic mass is 14.4. The Morgan fingerprint density at radius 3 is 2.00 bits per heavy atom. The van der Waals surface area contributed by atoms with Gasteiger partial charge in [-0.3, -0.25) is 0 Å². The van der Waals surface area contributed by atoms with Gasteiger partial charge in [0.25, 0.3) is 0 Å². The van der Waals surface area contributed by atoms with E-state index in [0.717, 1.165) is 0 Å². The first-order valence-corrected chi connectivity index (χ1v) is 11.8. The first-order valence-electron chi connectivity index (χ1n) is 11.8. The van der Waals surface area contributed by atoms with Crippen LogP contribution in [0.2, 0.25) is 0 Å². The van der Waals surface area contributed by atoms with Crippen molar-refractivity contribution in [2.45, 2.75) is 12.2 Å². The first kappa shape index (κ1) is 19.7. The van der Waals surface area contributed by atoms with Crippen molar-refractivity contribution >= 4 is 47.2 Å². The molecule has 1 aliphatic carbocycles. The van der Waals surface area contributed by atoms with Crippen molar-refractivity contribution < 1.29 is 0 Å². The average Bonchev–Trinajstić information content (AvgIpc) is 2.90. The molecule has 0 aromatic heterocycles. The highest BCUT2D eigenvalue weighted by Gasteiger charge is 2.37. The van der Waals surface area contributed by atoms with Gasteiger partial charge in [0.2, 0.25) is 0 Å². The van der Waals surface area contributed by atoms with Gasteiger partial charge in [-0.25, -0.2) is 0 Å². The molecule has 1 aliphatic rings. The predicted octanol–water partition coefficient (Wildman–Crippen LogP) is 7.84. The zero-order valence-corrected chi connectivity index (χ0v) is 19.0. The third-order valence-corrected chi connectivity index (χ3v) is 7.74. The number of rotatable bonds is 2. The van der Waals surface area contributed by atoms with Crippen molar-refractivity contribution in [1.82, 2.24) is 0 Å². The summed E-state index contributed by atoms with van der Waals surface area (Å²) in [4.78, 5) is 0. The molecule has 0 saturated carbocycles. The molecule has 0 heterocycles. The van der Waals surface area contributed by atoms with Crippen LogP contribution >= 0.6 is 0 Å². The van der Waals surface area contributed by atoms with Gasteiger partial charge in [-0.1, -0.05) is 116 Å². The molecule has 6 aromatic rings. The summed E-state index contributed by atoms with van der Waals surface area (Å²) < 4.78 is 0. The normalized spacial score (nSPS) is 16.6. The third kappa shape index (κ3) is 2.46. The molecule has 0 spiro atoms. The Kier molecular flexibility index (Phi) is 4.12. The van der Waals surface area contributed by atoms with Crippen LogP contribution in [0, 0.1) is 0 Å². The highest BCUT2D eigenvalue weighted by Crippen LogP contribution is 2.53. The minimum absolute atomic E-state index is 0.389. The summed E-state index contributed by atoms with van der Waals surface area (Å²) in [5, 5.41) is 7.28. The number of hydrogen-bond acceptors (Lipinski definition) is 0. The van der Waals surface area contributed by atoms with E-state index < -0.39 is 0 Å². The Morgan fingerprint density at radius 1 is 0.559 bits per heavy atom. The zero-order chi connectivity index (χ0) is 22.9. The lowest BCUT2D eigenvalue weighted by Crippen LogP contribution is -2.34. The van der Waals surface area contributed by atoms with E-state index in [2.05, 4.69) is 116 Å². The molecule has 34 heavy (non-hydrogen) atoms. The second kappa shape index (κ2) is 7.11. The van der Waals surface area contributed by atoms with E-state index in [0.29, 0.717) is 0 Å². The second-order valence-electron chi connectivity index (χ2n) is 9.47. The van der Waals surface area contributed by atoms with Gasteiger partial charge in [0.15, 0.2) is 0 Å². The molecule has 2 heteroatoms. The molecule has 155 valence electrons. The van der Waals surface area contributed by atoms with Gasteiger partial charge in [-0.2, -0.15) is 0 Å². The summed E-state index contributed by atoms with van der Waals surface area (Å²) in [6.45, 7) is 2.26. The largest absolute Gasteiger partial charge is 0.0747 e. The van der Waals surface area contributed by atoms with Crippen molar-refractivity contribution in [2.75, 3.05) is 0 Å². The van der Waals surface area contributed by atoms with Gasteiger partial charge in [0, 0.05) is 7.74 Å². The molecule has 0 N–H and O–H groups in total. The van der Waals surface area contributed by atoms with Gasteiger partial charge < -0.3 is 0 Å². The van der Waals surface area contributed by atoms with Crippen molar-refractivity contribution in [3.8, 4) is 22.3 Å². The Hall–Kier alpha value is -3.77. The smallest absolute Gasteiger partial charge is 0.0619 e. The lowest BCUT2D eigenvalue weighted by molar-refractivity contribution is 0.830. The summed E-state index contributed by atoms with van der Waals surface area (Å²) >= 11 is 0. The highest BCUT2D eigenvalue weighted by molar-refractivity contribution is 6.91. The van der Waals surface area contributed by atoms with Gasteiger partial charge >= 0.3 is 0 Å². The second-order valence-corrected chi connectivity index (χ2v) is 9.47. The van der Waals surface area contributed by atoms with Gasteiger partial charge in [-0.15, -0.1) is 0 Å². The first-order chi connectivity index (χ1) is 16.7. The van der Waals surface area contributed by atoms with E-state index in [-0.39, 0.29) is 5.31 Å². The summed E-state index contributed by atoms with van der Waals surface area (Å²) in [6, 6.07) is 39.6. The molecule has 0 amide bonds. The molecule has 1 atom stereocenters. The van der Waals surface area contributed by atoms with E-state index >= 15 is 0 Å². The van der Waals surface area contributed by atoms with Crippen molar-refractivity contribution in [3.05, 3.63) is 120 Å². The topological polar surface area (TPSA) is 0 Å². The Balaban J connectivity index is 1.77. The maximum absolute atomic E-state index is 6.47. The van der Waals surface area contributed by atoms with Gasteiger partial charge in [0.1, 0.15) is 0 Å². The summed E-state index contributed by atoms with van der Waals surface area (Å²) in [7, 11) is 8.36. The Bertz CT molecular complexity index is 1760. The maximum Gasteiger partial charge on any atom is 0.0747 e. The van der Waals surface area contributed by atoms with E-state index in [1.807, 2.05) is 7.17 Å². The molecule has 0 fully saturated rings. The monoisotopic (exact) mass is 427 g/mol. The molecule has 0 bridgehead atoms. The molecular weight excluding hydrogens is 406 g/mol. The molecule has 6 aromatic carbocycles. The van der Waals surface area contributed by atoms with Crippen LogP contribution in [0.25, 0.3) is 54.6 Å². The van der Waals surface area contributed by atoms with Crippen LogP contribution in [0.5, 0.6) is 0 Å². The fourth-order valence-corrected chi connectivity index (χ4v) is 6.20.